The van der Waals surface area contributed by atoms with E-state index in [1.165, 1.54) is 25.3 Å². The van der Waals surface area contributed by atoms with Crippen molar-refractivity contribution in [3.63, 3.8) is 0 Å². The molecule has 1 unspecified atom stereocenters. The smallest absolute Gasteiger partial charge is 0.361 e. The quantitative estimate of drug-likeness (QED) is 0.233. The molecule has 9 heteroatoms. The zero-order valence-corrected chi connectivity index (χ0v) is 20.2. The second kappa shape index (κ2) is 9.93. The molecule has 2 aromatic rings. The lowest BCUT2D eigenvalue weighted by molar-refractivity contribution is -0.917. The van der Waals surface area contributed by atoms with Crippen LogP contribution in [0.25, 0.3) is 6.08 Å². The lowest BCUT2D eigenvalue weighted by Crippen LogP contribution is -3.00. The summed E-state index contributed by atoms with van der Waals surface area (Å²) in [7, 11) is 4.88. The first-order valence-corrected chi connectivity index (χ1v) is 10.2. The van der Waals surface area contributed by atoms with E-state index in [0.29, 0.717) is 52.4 Å². The van der Waals surface area contributed by atoms with Crippen LogP contribution in [0.3, 0.4) is 0 Å². The van der Waals surface area contributed by atoms with Crippen molar-refractivity contribution in [3.05, 3.63) is 58.4 Å². The van der Waals surface area contributed by atoms with Gasteiger partial charge in [0.2, 0.25) is 12.5 Å². The number of carbonyl (C=O) groups excluding carboxylic acids is 2. The minimum Gasteiger partial charge on any atom is -1.00 e. The molecule has 2 aliphatic heterocycles. The van der Waals surface area contributed by atoms with E-state index < -0.39 is 0 Å². The number of nitrogens with zero attached hydrogens (tertiary/aromatic N) is 1. The van der Waals surface area contributed by atoms with Crippen molar-refractivity contribution in [3.8, 4) is 17.2 Å². The molecule has 0 radical (unpaired) electrons. The first-order chi connectivity index (χ1) is 15.3. The highest BCUT2D eigenvalue weighted by Gasteiger charge is 2.40. The Morgan fingerprint density at radius 1 is 1.18 bits per heavy atom. The van der Waals surface area contributed by atoms with E-state index in [1.54, 1.807) is 25.3 Å². The fourth-order valence-corrected chi connectivity index (χ4v) is 4.33. The van der Waals surface area contributed by atoms with Gasteiger partial charge < -0.3 is 40.4 Å². The maximum absolute atomic E-state index is 13.5. The van der Waals surface area contributed by atoms with Gasteiger partial charge in [0.25, 0.3) is 0 Å². The van der Waals surface area contributed by atoms with E-state index in [-0.39, 0.29) is 47.9 Å². The molecule has 2 aromatic carbocycles. The van der Waals surface area contributed by atoms with E-state index in [4.69, 9.17) is 18.9 Å². The number of ether oxygens (including phenoxy) is 4. The molecule has 7 nitrogen and oxygen atoms in total. The van der Waals surface area contributed by atoms with Crippen molar-refractivity contribution in [1.29, 1.82) is 0 Å². The lowest BCUT2D eigenvalue weighted by Gasteiger charge is -2.38. The van der Waals surface area contributed by atoms with Crippen LogP contribution in [0.2, 0.25) is 0 Å². The van der Waals surface area contributed by atoms with E-state index in [9.17, 15) is 14.0 Å². The third-order valence-electron chi connectivity index (χ3n) is 5.89. The number of halogens is 2. The summed E-state index contributed by atoms with van der Waals surface area (Å²) in [6.45, 7) is 1.30. The Morgan fingerprint density at radius 3 is 2.64 bits per heavy atom. The number of rotatable bonds is 6. The monoisotopic (exact) mass is 521 g/mol. The van der Waals surface area contributed by atoms with Crippen LogP contribution >= 0.6 is 0 Å². The van der Waals surface area contributed by atoms with E-state index in [1.807, 2.05) is 7.05 Å². The van der Waals surface area contributed by atoms with Crippen molar-refractivity contribution in [2.24, 2.45) is 0 Å². The predicted molar refractivity (Wildman–Crippen MR) is 114 cm³/mol. The first kappa shape index (κ1) is 24.7. The second-order valence-corrected chi connectivity index (χ2v) is 8.17. The Morgan fingerprint density at radius 2 is 1.94 bits per heavy atom. The summed E-state index contributed by atoms with van der Waals surface area (Å²) in [6.07, 6.45) is 3.53. The van der Waals surface area contributed by atoms with Gasteiger partial charge in [-0.2, -0.15) is 0 Å². The van der Waals surface area contributed by atoms with Crippen LogP contribution in [0.1, 0.15) is 27.0 Å². The van der Waals surface area contributed by atoms with Crippen LogP contribution in [0.5, 0.6) is 17.2 Å². The van der Waals surface area contributed by atoms with Gasteiger partial charge in [-0.05, 0) is 29.3 Å². The molecule has 0 aliphatic carbocycles. The number of allylic oxidation sites excluding steroid dienone is 1. The van der Waals surface area contributed by atoms with Crippen LogP contribution in [-0.2, 0) is 22.5 Å². The number of quaternary nitrogens is 1. The number of hydrogen-bond acceptors (Lipinski definition) is 6. The molecule has 0 spiro atoms. The van der Waals surface area contributed by atoms with Gasteiger partial charge in [0.1, 0.15) is 12.4 Å². The Kier molecular flexibility index (Phi) is 7.44. The van der Waals surface area contributed by atoms with Crippen LogP contribution in [-0.4, -0.2) is 57.4 Å². The van der Waals surface area contributed by atoms with Crippen molar-refractivity contribution in [1.82, 2.24) is 0 Å². The highest BCUT2D eigenvalue weighted by molar-refractivity contribution is 6.11. The number of ketones is 1. The van der Waals surface area contributed by atoms with E-state index >= 15 is 0 Å². The molecule has 0 aromatic heterocycles. The number of carbonyl (C=O) groups is 2. The van der Waals surface area contributed by atoms with Crippen molar-refractivity contribution in [2.45, 2.75) is 13.0 Å². The minimum atomic E-state index is -0.373. The van der Waals surface area contributed by atoms with Gasteiger partial charge in [0.05, 0.1) is 38.9 Å². The van der Waals surface area contributed by atoms with Gasteiger partial charge in [0.15, 0.2) is 23.8 Å². The van der Waals surface area contributed by atoms with Gasteiger partial charge in [-0.1, -0.05) is 18.2 Å². The highest BCUT2D eigenvalue weighted by atomic mass is 79.9. The summed E-state index contributed by atoms with van der Waals surface area (Å²) < 4.78 is 35.7. The van der Waals surface area contributed by atoms with Crippen LogP contribution < -0.4 is 31.2 Å². The number of fused-ring (bicyclic) bond motifs is 2. The summed E-state index contributed by atoms with van der Waals surface area (Å²) >= 11 is 0. The Bertz CT molecular complexity index is 1120. The summed E-state index contributed by atoms with van der Waals surface area (Å²) in [6, 6.07) is 6.01. The molecular weight excluding hydrogens is 497 g/mol. The maximum Gasteiger partial charge on any atom is 0.361 e. The maximum atomic E-state index is 13.5. The number of methoxy groups -OCH3 is 2. The van der Waals surface area contributed by atoms with Crippen LogP contribution in [0.4, 0.5) is 4.39 Å². The number of hydrogen-bond donors (Lipinski definition) is 0. The average Bonchev–Trinajstić information content (AvgIpc) is 3.24. The van der Waals surface area contributed by atoms with Crippen molar-refractivity contribution < 1.29 is 54.4 Å². The zero-order chi connectivity index (χ0) is 22.9. The fourth-order valence-electron chi connectivity index (χ4n) is 4.33. The standard InChI is InChI=1S/C24H25FNO6.BrH/c1-26(13-20(28)29-2)10-9-17-18(12-26)22(30-3)24-23(31-14-32-24)21(17)19(27)8-7-15-5-4-6-16(25)11-15;/h4-8,11H,9-10,12-14H2,1-3H3;1H/q+1;/p-1/b8-7+;. The second-order valence-electron chi connectivity index (χ2n) is 8.17. The molecule has 0 saturated heterocycles. The molecule has 176 valence electrons. The normalized spacial score (nSPS) is 18.4. The molecule has 0 fully saturated rings. The summed E-state index contributed by atoms with van der Waals surface area (Å²) in [4.78, 5) is 25.2. The Balaban J connectivity index is 0.00000306. The van der Waals surface area contributed by atoms with Crippen LogP contribution in [0.15, 0.2) is 30.3 Å². The lowest BCUT2D eigenvalue weighted by atomic mass is 9.89. The highest BCUT2D eigenvalue weighted by Crippen LogP contribution is 2.50. The molecule has 33 heavy (non-hydrogen) atoms. The summed E-state index contributed by atoms with van der Waals surface area (Å²) in [5.41, 5.74) is 2.64. The number of likely N-dealkylation sites (N-methyl/N-ethyl adjacent to an activating group) is 1. The largest absolute Gasteiger partial charge is 1.00 e. The topological polar surface area (TPSA) is 71.1 Å². The first-order valence-electron chi connectivity index (χ1n) is 10.2. The molecule has 0 amide bonds. The zero-order valence-electron chi connectivity index (χ0n) is 18.7. The SMILES string of the molecule is COC(=O)C[N+]1(C)CCc2c(c(OC)c3c(c2C(=O)/C=C/c2cccc(F)c2)OCO3)C1.[Br-]. The molecule has 0 N–H and O–H groups in total. The fraction of sp³-hybridized carbons (Fsp3) is 0.333. The molecular formula is C24H25BrFNO6. The molecule has 2 aliphatic rings. The third-order valence-corrected chi connectivity index (χ3v) is 5.89. The third kappa shape index (κ3) is 4.89. The number of esters is 1. The van der Waals surface area contributed by atoms with Gasteiger partial charge >= 0.3 is 5.97 Å². The molecule has 2 heterocycles. The average molecular weight is 522 g/mol. The molecule has 4 rings (SSSR count). The summed E-state index contributed by atoms with van der Waals surface area (Å²) in [5.74, 6) is 0.330. The van der Waals surface area contributed by atoms with Crippen LogP contribution in [0, 0.1) is 5.82 Å². The van der Waals surface area contributed by atoms with Gasteiger partial charge in [-0.25, -0.2) is 9.18 Å². The van der Waals surface area contributed by atoms with E-state index in [0.717, 1.165) is 11.1 Å². The Labute approximate surface area is 202 Å². The van der Waals surface area contributed by atoms with Crippen molar-refractivity contribution >= 4 is 17.8 Å². The predicted octanol–water partition coefficient (Wildman–Crippen LogP) is 0.139. The van der Waals surface area contributed by atoms with Crippen molar-refractivity contribution in [2.75, 3.05) is 41.1 Å². The molecule has 0 saturated carbocycles. The molecule has 1 atom stereocenters. The minimum absolute atomic E-state index is 0. The van der Waals surface area contributed by atoms with Gasteiger partial charge in [-0.3, -0.25) is 4.79 Å². The summed E-state index contributed by atoms with van der Waals surface area (Å²) in [5, 5.41) is 0. The Hall–Kier alpha value is -2.91. The molecule has 0 bridgehead atoms. The van der Waals surface area contributed by atoms with E-state index in [2.05, 4.69) is 0 Å². The number of benzene rings is 2. The van der Waals surface area contributed by atoms with Gasteiger partial charge in [0, 0.05) is 6.42 Å². The van der Waals surface area contributed by atoms with Gasteiger partial charge in [-0.15, -0.1) is 0 Å².